The Morgan fingerprint density at radius 3 is 1.08 bits per heavy atom. The number of carbonyl (C=O) groups is 10. The number of urea groups is 1. The molecule has 17 heteroatoms. The number of hydrogen-bond acceptors (Lipinski definition) is 10. The first-order chi connectivity index (χ1) is 17.0. The molecule has 17 nitrogen and oxygen atoms in total. The zero-order valence-electron chi connectivity index (χ0n) is 19.7. The van der Waals surface area contributed by atoms with Gasteiger partial charge in [-0.05, 0) is 0 Å². The molecule has 0 aliphatic rings. The van der Waals surface area contributed by atoms with Crippen LogP contribution >= 0.6 is 0 Å². The number of amides is 6. The molecule has 0 radical (unpaired) electrons. The molecule has 0 saturated carbocycles. The third kappa shape index (κ3) is 19.1. The van der Waals surface area contributed by atoms with Crippen LogP contribution in [0.5, 0.6) is 0 Å². The van der Waals surface area contributed by atoms with Crippen molar-refractivity contribution in [1.82, 2.24) is 9.80 Å². The van der Waals surface area contributed by atoms with E-state index in [0.29, 0.717) is 9.80 Å². The molecular weight excluding hydrogens is 500 g/mol. The smallest absolute Gasteiger partial charge is 0.327 e. The Morgan fingerprint density at radius 1 is 0.568 bits per heavy atom. The minimum absolute atomic E-state index is 0.571. The van der Waals surface area contributed by atoms with Crippen molar-refractivity contribution in [2.24, 2.45) is 22.9 Å². The van der Waals surface area contributed by atoms with E-state index < -0.39 is 111 Å². The van der Waals surface area contributed by atoms with Crippen molar-refractivity contribution in [2.75, 3.05) is 26.2 Å². The number of aliphatic carboxylic acids is 1. The summed E-state index contributed by atoms with van der Waals surface area (Å²) in [4.78, 5) is 114. The number of primary amides is 4. The number of nitrogens with zero attached hydrogens (tertiary/aromatic N) is 2. The molecule has 0 aromatic carbocycles. The predicted octanol–water partition coefficient (Wildman–Crippen LogP) is -4.25. The SMILES string of the molecule is C=CC(=O)O.NC(=O)CC(=O)CN(CC(=O)CC(=O)N(CC(=O)CC(N)=O)CC(=O)CC(N)=O)C(N)=O. The van der Waals surface area contributed by atoms with Gasteiger partial charge in [0.1, 0.15) is 0 Å². The summed E-state index contributed by atoms with van der Waals surface area (Å²) in [5, 5.41) is 7.60. The van der Waals surface area contributed by atoms with Gasteiger partial charge in [0.25, 0.3) is 0 Å². The molecule has 0 unspecified atom stereocenters. The quantitative estimate of drug-likeness (QED) is 0.0888. The summed E-state index contributed by atoms with van der Waals surface area (Å²) in [7, 11) is 0. The summed E-state index contributed by atoms with van der Waals surface area (Å²) in [5.74, 6) is -8.34. The number of hydrogen-bond donors (Lipinski definition) is 5. The fourth-order valence-electron chi connectivity index (χ4n) is 2.38. The largest absolute Gasteiger partial charge is 0.478 e. The Morgan fingerprint density at radius 2 is 0.838 bits per heavy atom. The molecule has 9 N–H and O–H groups in total. The maximum absolute atomic E-state index is 12.4. The first kappa shape index (κ1) is 34.2. The van der Waals surface area contributed by atoms with Gasteiger partial charge in [0.05, 0.1) is 51.9 Å². The normalized spacial score (nSPS) is 9.51. The van der Waals surface area contributed by atoms with Gasteiger partial charge >= 0.3 is 12.0 Å². The lowest BCUT2D eigenvalue weighted by atomic mass is 10.1. The van der Waals surface area contributed by atoms with Crippen molar-refractivity contribution in [3.63, 3.8) is 0 Å². The van der Waals surface area contributed by atoms with Gasteiger partial charge in [-0.3, -0.25) is 38.4 Å². The molecule has 0 aromatic rings. The third-order valence-electron chi connectivity index (χ3n) is 3.77. The van der Waals surface area contributed by atoms with Crippen LogP contribution in [0.15, 0.2) is 12.7 Å². The second kappa shape index (κ2) is 17.5. The molecule has 0 fully saturated rings. The standard InChI is InChI=1S/C17H24N6O9.C3H4O2/c18-13(28)1-9(24)5-22(6-10(25)2-14(19)29)16(31)4-12(27)8-23(17(21)32)7-11(26)3-15(20)30;1-2-3(4)5/h1-8H2,(H2,18,28)(H2,19,29)(H2,20,30)(H2,21,32);2H,1H2,(H,4,5). The third-order valence-corrected chi connectivity index (χ3v) is 3.77. The molecule has 0 aromatic heterocycles. The van der Waals surface area contributed by atoms with Crippen LogP contribution in [-0.2, 0) is 43.2 Å². The Kier molecular flexibility index (Phi) is 16.2. The molecule has 0 spiro atoms. The van der Waals surface area contributed by atoms with Gasteiger partial charge in [-0.15, -0.1) is 0 Å². The monoisotopic (exact) mass is 528 g/mol. The average Bonchev–Trinajstić information content (AvgIpc) is 2.71. The summed E-state index contributed by atoms with van der Waals surface area (Å²) >= 11 is 0. The van der Waals surface area contributed by atoms with Crippen molar-refractivity contribution in [3.05, 3.63) is 12.7 Å². The number of Topliss-reactive ketones (excluding diaryl/α,β-unsaturated/α-hetero) is 4. The van der Waals surface area contributed by atoms with E-state index in [2.05, 4.69) is 6.58 Å². The van der Waals surface area contributed by atoms with Gasteiger partial charge in [0, 0.05) is 6.08 Å². The molecule has 0 atom stereocenters. The van der Waals surface area contributed by atoms with Crippen molar-refractivity contribution in [3.8, 4) is 0 Å². The lowest BCUT2D eigenvalue weighted by Gasteiger charge is -2.22. The van der Waals surface area contributed by atoms with Crippen LogP contribution in [0.2, 0.25) is 0 Å². The first-order valence-electron chi connectivity index (χ1n) is 10.1. The van der Waals surface area contributed by atoms with Crippen molar-refractivity contribution >= 4 is 58.8 Å². The number of carboxylic acids is 1. The lowest BCUT2D eigenvalue weighted by molar-refractivity contribution is -0.142. The van der Waals surface area contributed by atoms with E-state index in [9.17, 15) is 47.9 Å². The maximum Gasteiger partial charge on any atom is 0.327 e. The van der Waals surface area contributed by atoms with Gasteiger partial charge in [0.15, 0.2) is 23.1 Å². The summed E-state index contributed by atoms with van der Waals surface area (Å²) < 4.78 is 0. The number of carbonyl (C=O) groups excluding carboxylic acids is 9. The fourth-order valence-corrected chi connectivity index (χ4v) is 2.38. The van der Waals surface area contributed by atoms with Crippen LogP contribution in [-0.4, -0.2) is 99.8 Å². The Bertz CT molecular complexity index is 946. The van der Waals surface area contributed by atoms with Gasteiger partial charge < -0.3 is 37.8 Å². The molecule has 0 aliphatic heterocycles. The van der Waals surface area contributed by atoms with E-state index in [0.717, 1.165) is 6.08 Å². The van der Waals surface area contributed by atoms with Crippen LogP contribution in [0.25, 0.3) is 0 Å². The number of carboxylic acid groups (broad SMARTS) is 1. The molecule has 0 heterocycles. The lowest BCUT2D eigenvalue weighted by Crippen LogP contribution is -2.45. The summed E-state index contributed by atoms with van der Waals surface area (Å²) in [6.45, 7) is -0.0469. The van der Waals surface area contributed by atoms with E-state index >= 15 is 0 Å². The van der Waals surface area contributed by atoms with Crippen LogP contribution in [0.4, 0.5) is 4.79 Å². The number of rotatable bonds is 17. The predicted molar refractivity (Wildman–Crippen MR) is 122 cm³/mol. The van der Waals surface area contributed by atoms with Crippen LogP contribution in [0.1, 0.15) is 25.7 Å². The van der Waals surface area contributed by atoms with Crippen molar-refractivity contribution in [2.45, 2.75) is 25.7 Å². The van der Waals surface area contributed by atoms with Gasteiger partial charge in [0.2, 0.25) is 23.6 Å². The summed E-state index contributed by atoms with van der Waals surface area (Å²) in [6.07, 6.45) is -2.26. The maximum atomic E-state index is 12.4. The summed E-state index contributed by atoms with van der Waals surface area (Å²) in [6, 6.07) is -1.19. The van der Waals surface area contributed by atoms with Crippen molar-refractivity contribution < 1.29 is 53.1 Å². The van der Waals surface area contributed by atoms with E-state index in [-0.39, 0.29) is 0 Å². The fraction of sp³-hybridized carbons (Fsp3) is 0.400. The summed E-state index contributed by atoms with van der Waals surface area (Å²) in [5.41, 5.74) is 19.7. The van der Waals surface area contributed by atoms with Gasteiger partial charge in [-0.25, -0.2) is 9.59 Å². The minimum atomic E-state index is -1.19. The van der Waals surface area contributed by atoms with E-state index in [4.69, 9.17) is 28.0 Å². The second-order valence-corrected chi connectivity index (χ2v) is 7.25. The average molecular weight is 528 g/mol. The second-order valence-electron chi connectivity index (χ2n) is 7.25. The van der Waals surface area contributed by atoms with Gasteiger partial charge in [-0.2, -0.15) is 0 Å². The van der Waals surface area contributed by atoms with Crippen LogP contribution in [0.3, 0.4) is 0 Å². The molecule has 0 saturated heterocycles. The molecule has 0 aliphatic carbocycles. The Hall–Kier alpha value is -4.96. The van der Waals surface area contributed by atoms with E-state index in [1.165, 1.54) is 0 Å². The molecule has 6 amide bonds. The van der Waals surface area contributed by atoms with Crippen LogP contribution in [0, 0.1) is 0 Å². The Labute approximate surface area is 209 Å². The van der Waals surface area contributed by atoms with E-state index in [1.54, 1.807) is 0 Å². The molecule has 37 heavy (non-hydrogen) atoms. The first-order valence-corrected chi connectivity index (χ1v) is 10.1. The highest BCUT2D eigenvalue weighted by molar-refractivity contribution is 6.06. The molecule has 0 bridgehead atoms. The Balaban J connectivity index is 0. The highest BCUT2D eigenvalue weighted by Crippen LogP contribution is 2.02. The molecule has 204 valence electrons. The van der Waals surface area contributed by atoms with Crippen LogP contribution < -0.4 is 22.9 Å². The highest BCUT2D eigenvalue weighted by Gasteiger charge is 2.25. The van der Waals surface area contributed by atoms with E-state index in [1.807, 2.05) is 0 Å². The zero-order valence-corrected chi connectivity index (χ0v) is 19.7. The number of nitrogens with two attached hydrogens (primary N) is 4. The minimum Gasteiger partial charge on any atom is -0.478 e. The molecule has 0 rings (SSSR count). The molecular formula is C20H28N6O11. The zero-order chi connectivity index (χ0) is 29.3. The van der Waals surface area contributed by atoms with Gasteiger partial charge in [-0.1, -0.05) is 6.58 Å². The highest BCUT2D eigenvalue weighted by atomic mass is 16.4. The topological polar surface area (TPSA) is 301 Å². The van der Waals surface area contributed by atoms with Crippen molar-refractivity contribution in [1.29, 1.82) is 0 Å². The number of ketones is 4.